The molecule has 1 amide bonds. The number of hydrogen-bond donors (Lipinski definition) is 2. The second-order valence-corrected chi connectivity index (χ2v) is 10.0. The smallest absolute Gasteiger partial charge is 0.220 e. The number of hydrogen-bond acceptors (Lipinski definition) is 6. The minimum atomic E-state index is 0.119. The number of carbonyl (C=O) groups is 1. The summed E-state index contributed by atoms with van der Waals surface area (Å²) in [5.41, 5.74) is 6.39. The summed E-state index contributed by atoms with van der Waals surface area (Å²) < 4.78 is 25.4. The van der Waals surface area contributed by atoms with Crippen LogP contribution >= 0.6 is 0 Å². The summed E-state index contributed by atoms with van der Waals surface area (Å²) in [6.07, 6.45) is 3.60. The summed E-state index contributed by atoms with van der Waals surface area (Å²) in [5.74, 6) is 3.19. The minimum Gasteiger partial charge on any atom is -0.496 e. The molecule has 8 nitrogen and oxygen atoms in total. The van der Waals surface area contributed by atoms with Crippen LogP contribution in [0, 0.1) is 0 Å². The van der Waals surface area contributed by atoms with Crippen LogP contribution < -0.4 is 29.6 Å². The van der Waals surface area contributed by atoms with E-state index in [1.54, 1.807) is 14.2 Å². The van der Waals surface area contributed by atoms with Gasteiger partial charge in [-0.2, -0.15) is 0 Å². The Bertz CT molecular complexity index is 1520. The fourth-order valence-corrected chi connectivity index (χ4v) is 5.66. The predicted molar refractivity (Wildman–Crippen MR) is 151 cm³/mol. The van der Waals surface area contributed by atoms with Crippen molar-refractivity contribution in [2.75, 3.05) is 34.0 Å². The lowest BCUT2D eigenvalue weighted by Crippen LogP contribution is -2.35. The Kier molecular flexibility index (Phi) is 6.79. The number of carbonyl (C=O) groups excluding carboxylic acids is 1. The summed E-state index contributed by atoms with van der Waals surface area (Å²) >= 11 is 0. The summed E-state index contributed by atoms with van der Waals surface area (Å²) in [4.78, 5) is 11.5. The number of methoxy groups -OCH3 is 2. The molecule has 3 aromatic carbocycles. The van der Waals surface area contributed by atoms with Crippen LogP contribution in [0.1, 0.15) is 18.4 Å². The lowest BCUT2D eigenvalue weighted by atomic mass is 9.97. The number of benzene rings is 3. The minimum absolute atomic E-state index is 0.119. The van der Waals surface area contributed by atoms with Gasteiger partial charge in [-0.3, -0.25) is 4.79 Å². The maximum Gasteiger partial charge on any atom is 0.220 e. The largest absolute Gasteiger partial charge is 0.496 e. The zero-order valence-electron chi connectivity index (χ0n) is 22.5. The van der Waals surface area contributed by atoms with Gasteiger partial charge in [-0.25, -0.2) is 0 Å². The Morgan fingerprint density at radius 3 is 2.46 bits per heavy atom. The highest BCUT2D eigenvalue weighted by Crippen LogP contribution is 2.42. The number of ether oxygens (including phenoxy) is 4. The van der Waals surface area contributed by atoms with Gasteiger partial charge in [0.15, 0.2) is 11.5 Å². The van der Waals surface area contributed by atoms with E-state index in [1.165, 1.54) is 0 Å². The van der Waals surface area contributed by atoms with Gasteiger partial charge in [-0.1, -0.05) is 24.3 Å². The molecule has 39 heavy (non-hydrogen) atoms. The van der Waals surface area contributed by atoms with E-state index in [4.69, 9.17) is 18.9 Å². The third-order valence-corrected chi connectivity index (χ3v) is 7.55. The topological polar surface area (TPSA) is 83.0 Å². The van der Waals surface area contributed by atoms with Crippen molar-refractivity contribution in [1.29, 1.82) is 0 Å². The van der Waals surface area contributed by atoms with E-state index in [-0.39, 0.29) is 11.9 Å². The molecule has 0 spiro atoms. The van der Waals surface area contributed by atoms with Crippen molar-refractivity contribution < 1.29 is 23.7 Å². The van der Waals surface area contributed by atoms with Crippen LogP contribution in [0.4, 0.5) is 0 Å². The summed E-state index contributed by atoms with van der Waals surface area (Å²) in [5, 5.41) is 7.59. The molecule has 0 radical (unpaired) electrons. The first-order valence-corrected chi connectivity index (χ1v) is 13.3. The van der Waals surface area contributed by atoms with Gasteiger partial charge in [0.2, 0.25) is 5.91 Å². The predicted octanol–water partition coefficient (Wildman–Crippen LogP) is 4.67. The molecule has 0 bridgehead atoms. The molecule has 4 aromatic rings. The fraction of sp³-hybridized carbons (Fsp3) is 0.323. The average Bonchev–Trinajstić information content (AvgIpc) is 3.54. The van der Waals surface area contributed by atoms with Gasteiger partial charge in [0.1, 0.15) is 24.7 Å². The first-order valence-electron chi connectivity index (χ1n) is 13.3. The summed E-state index contributed by atoms with van der Waals surface area (Å²) in [6, 6.07) is 16.8. The van der Waals surface area contributed by atoms with Crippen LogP contribution in [-0.4, -0.2) is 50.5 Å². The number of para-hydroxylation sites is 1. The lowest BCUT2D eigenvalue weighted by molar-refractivity contribution is -0.119. The zero-order valence-corrected chi connectivity index (χ0v) is 22.5. The van der Waals surface area contributed by atoms with Crippen molar-refractivity contribution in [2.24, 2.45) is 7.05 Å². The van der Waals surface area contributed by atoms with Gasteiger partial charge in [-0.05, 0) is 41.8 Å². The number of fused-ring (bicyclic) bond motifs is 2. The van der Waals surface area contributed by atoms with E-state index in [0.717, 1.165) is 68.1 Å². The number of nitrogens with one attached hydrogen (secondary N) is 2. The normalized spacial score (nSPS) is 16.4. The van der Waals surface area contributed by atoms with Crippen molar-refractivity contribution in [3.05, 3.63) is 60.3 Å². The fourth-order valence-electron chi connectivity index (χ4n) is 5.66. The number of rotatable bonds is 8. The first-order chi connectivity index (χ1) is 19.1. The molecule has 3 heterocycles. The monoisotopic (exact) mass is 527 g/mol. The molecule has 6 rings (SSSR count). The van der Waals surface area contributed by atoms with Crippen LogP contribution in [0.2, 0.25) is 0 Å². The van der Waals surface area contributed by atoms with Crippen LogP contribution in [0.15, 0.2) is 54.7 Å². The quantitative estimate of drug-likeness (QED) is 0.347. The average molecular weight is 528 g/mol. The zero-order chi connectivity index (χ0) is 26.9. The van der Waals surface area contributed by atoms with Gasteiger partial charge >= 0.3 is 0 Å². The maximum absolute atomic E-state index is 11.5. The molecule has 0 saturated carbocycles. The Balaban J connectivity index is 1.35. The van der Waals surface area contributed by atoms with Gasteiger partial charge < -0.3 is 34.1 Å². The highest BCUT2D eigenvalue weighted by atomic mass is 16.6. The van der Waals surface area contributed by atoms with Gasteiger partial charge in [0.05, 0.1) is 19.7 Å². The molecule has 1 atom stereocenters. The SMILES string of the molecule is COc1cc(-c2cn(C)c3c(-c4ccc5c(c4)OCCO5)cccc23)cc(OC)c1CNC[C@@H]1CCC(=O)N1. The summed E-state index contributed by atoms with van der Waals surface area (Å²) in [6.45, 7) is 2.40. The standard InChI is InChI=1S/C31H33N3O5/c1-34-18-25(23-6-4-5-22(31(23)34)19-7-9-26-29(13-19)39-12-11-38-26)20-14-27(36-2)24(28(15-20)37-3)17-32-16-21-8-10-30(35)33-21/h4-7,9,13-15,18,21,32H,8,10-12,16-17H2,1-3H3,(H,33,35)/t21-/m0/s1. The van der Waals surface area contributed by atoms with Crippen molar-refractivity contribution in [3.63, 3.8) is 0 Å². The molecule has 202 valence electrons. The van der Waals surface area contributed by atoms with Crippen molar-refractivity contribution in [3.8, 4) is 45.3 Å². The van der Waals surface area contributed by atoms with Gasteiger partial charge in [0, 0.05) is 60.9 Å². The van der Waals surface area contributed by atoms with Gasteiger partial charge in [0.25, 0.3) is 0 Å². The first kappa shape index (κ1) is 25.1. The van der Waals surface area contributed by atoms with Crippen LogP contribution in [0.3, 0.4) is 0 Å². The van der Waals surface area contributed by atoms with Crippen LogP contribution in [0.5, 0.6) is 23.0 Å². The Hall–Kier alpha value is -4.17. The molecule has 2 aliphatic heterocycles. The van der Waals surface area contributed by atoms with Crippen molar-refractivity contribution >= 4 is 16.8 Å². The Morgan fingerprint density at radius 1 is 0.974 bits per heavy atom. The third kappa shape index (κ3) is 4.76. The molecule has 2 N–H and O–H groups in total. The van der Waals surface area contributed by atoms with E-state index >= 15 is 0 Å². The van der Waals surface area contributed by atoms with E-state index in [2.05, 4.69) is 70.9 Å². The lowest BCUT2D eigenvalue weighted by Gasteiger charge is -2.19. The molecule has 1 saturated heterocycles. The molecule has 1 aromatic heterocycles. The van der Waals surface area contributed by atoms with Crippen LogP contribution in [-0.2, 0) is 18.4 Å². The molecule has 8 heteroatoms. The van der Waals surface area contributed by atoms with Crippen LogP contribution in [0.25, 0.3) is 33.2 Å². The number of aromatic nitrogens is 1. The number of amides is 1. The van der Waals surface area contributed by atoms with E-state index < -0.39 is 0 Å². The van der Waals surface area contributed by atoms with E-state index in [0.29, 0.717) is 32.7 Å². The second kappa shape index (κ2) is 10.5. The number of aryl methyl sites for hydroxylation is 1. The van der Waals surface area contributed by atoms with Crippen molar-refractivity contribution in [2.45, 2.75) is 25.4 Å². The molecular weight excluding hydrogens is 494 g/mol. The highest BCUT2D eigenvalue weighted by molar-refractivity contribution is 6.04. The Morgan fingerprint density at radius 2 is 1.74 bits per heavy atom. The third-order valence-electron chi connectivity index (χ3n) is 7.55. The molecule has 1 fully saturated rings. The van der Waals surface area contributed by atoms with Crippen molar-refractivity contribution in [1.82, 2.24) is 15.2 Å². The van der Waals surface area contributed by atoms with E-state index in [9.17, 15) is 4.79 Å². The van der Waals surface area contributed by atoms with Gasteiger partial charge in [-0.15, -0.1) is 0 Å². The molecular formula is C31H33N3O5. The molecule has 0 unspecified atom stereocenters. The van der Waals surface area contributed by atoms with E-state index in [1.807, 2.05) is 6.07 Å². The highest BCUT2D eigenvalue weighted by Gasteiger charge is 2.22. The molecule has 0 aliphatic carbocycles. The second-order valence-electron chi connectivity index (χ2n) is 10.0. The maximum atomic E-state index is 11.5. The Labute approximate surface area is 227 Å². The summed E-state index contributed by atoms with van der Waals surface area (Å²) in [7, 11) is 5.44. The molecule has 2 aliphatic rings. The number of nitrogens with zero attached hydrogens (tertiary/aromatic N) is 1.